The Bertz CT molecular complexity index is 539. The maximum absolute atomic E-state index is 9.24. The number of aliphatic hydroxyl groups is 1. The van der Waals surface area contributed by atoms with E-state index in [1.165, 1.54) is 5.56 Å². The lowest BCUT2D eigenvalue weighted by Crippen LogP contribution is -2.36. The zero-order valence-electron chi connectivity index (χ0n) is 12.5. The van der Waals surface area contributed by atoms with Crippen molar-refractivity contribution in [2.45, 2.75) is 18.3 Å². The molecule has 0 fully saturated rings. The fraction of sp³-hybridized carbons (Fsp3) is 0.333. The second kappa shape index (κ2) is 7.25. The van der Waals surface area contributed by atoms with Crippen LogP contribution in [0.25, 0.3) is 0 Å². The molecule has 2 rings (SSSR count). The number of ether oxygens (including phenoxy) is 1. The first-order valence-corrected chi connectivity index (χ1v) is 7.28. The van der Waals surface area contributed by atoms with Crippen molar-refractivity contribution in [3.8, 4) is 5.75 Å². The molecule has 112 valence electrons. The third-order valence-electron chi connectivity index (χ3n) is 4.08. The molecule has 0 aliphatic rings. The summed E-state index contributed by atoms with van der Waals surface area (Å²) < 4.78 is 5.23. The van der Waals surface area contributed by atoms with Gasteiger partial charge in [-0.2, -0.15) is 0 Å². The quantitative estimate of drug-likeness (QED) is 0.822. The van der Waals surface area contributed by atoms with Crippen molar-refractivity contribution in [1.29, 1.82) is 0 Å². The van der Waals surface area contributed by atoms with Crippen molar-refractivity contribution in [3.63, 3.8) is 0 Å². The zero-order chi connectivity index (χ0) is 15.1. The number of nitrogens with two attached hydrogens (primary N) is 1. The highest BCUT2D eigenvalue weighted by atomic mass is 16.5. The lowest BCUT2D eigenvalue weighted by molar-refractivity contribution is 0.270. The minimum Gasteiger partial charge on any atom is -0.497 e. The van der Waals surface area contributed by atoms with Crippen LogP contribution in [0.5, 0.6) is 5.75 Å². The molecule has 0 amide bonds. The summed E-state index contributed by atoms with van der Waals surface area (Å²) >= 11 is 0. The van der Waals surface area contributed by atoms with Crippen LogP contribution in [0, 0.1) is 0 Å². The summed E-state index contributed by atoms with van der Waals surface area (Å²) in [7, 11) is 1.66. The van der Waals surface area contributed by atoms with Crippen molar-refractivity contribution >= 4 is 0 Å². The normalized spacial score (nSPS) is 13.7. The highest BCUT2D eigenvalue weighted by Gasteiger charge is 2.32. The predicted octanol–water partition coefficient (Wildman–Crippen LogP) is 2.71. The Morgan fingerprint density at radius 3 is 2.14 bits per heavy atom. The van der Waals surface area contributed by atoms with E-state index in [1.807, 2.05) is 30.3 Å². The molecule has 0 bridgehead atoms. The van der Waals surface area contributed by atoms with E-state index in [0.29, 0.717) is 6.54 Å². The molecule has 0 saturated heterocycles. The third kappa shape index (κ3) is 3.26. The van der Waals surface area contributed by atoms with E-state index in [2.05, 4.69) is 24.3 Å². The number of rotatable bonds is 7. The summed E-state index contributed by atoms with van der Waals surface area (Å²) in [4.78, 5) is 0. The molecule has 2 aromatic carbocycles. The number of methoxy groups -OCH3 is 1. The van der Waals surface area contributed by atoms with E-state index < -0.39 is 0 Å². The molecule has 3 heteroatoms. The van der Waals surface area contributed by atoms with Gasteiger partial charge in [-0.1, -0.05) is 42.5 Å². The van der Waals surface area contributed by atoms with Crippen LogP contribution in [-0.2, 0) is 5.41 Å². The highest BCUT2D eigenvalue weighted by molar-refractivity contribution is 5.42. The first kappa shape index (κ1) is 15.5. The average Bonchev–Trinajstić information content (AvgIpc) is 2.57. The third-order valence-corrected chi connectivity index (χ3v) is 4.08. The molecule has 1 atom stereocenters. The van der Waals surface area contributed by atoms with Gasteiger partial charge in [-0.3, -0.25) is 0 Å². The van der Waals surface area contributed by atoms with E-state index in [9.17, 15) is 5.11 Å². The van der Waals surface area contributed by atoms with Crippen molar-refractivity contribution < 1.29 is 9.84 Å². The highest BCUT2D eigenvalue weighted by Crippen LogP contribution is 2.36. The molecule has 0 saturated carbocycles. The molecule has 0 radical (unpaired) electrons. The lowest BCUT2D eigenvalue weighted by atomic mass is 9.71. The molecule has 3 N–H and O–H groups in total. The monoisotopic (exact) mass is 285 g/mol. The number of hydrogen-bond acceptors (Lipinski definition) is 3. The van der Waals surface area contributed by atoms with Gasteiger partial charge in [0.1, 0.15) is 5.75 Å². The lowest BCUT2D eigenvalue weighted by Gasteiger charge is -2.34. The van der Waals surface area contributed by atoms with Crippen molar-refractivity contribution in [1.82, 2.24) is 0 Å². The van der Waals surface area contributed by atoms with Crippen molar-refractivity contribution in [2.24, 2.45) is 5.73 Å². The van der Waals surface area contributed by atoms with Gasteiger partial charge in [0.25, 0.3) is 0 Å². The summed E-state index contributed by atoms with van der Waals surface area (Å²) in [6.45, 7) is 0.675. The maximum Gasteiger partial charge on any atom is 0.118 e. The molecular formula is C18H23NO2. The van der Waals surface area contributed by atoms with E-state index >= 15 is 0 Å². The molecule has 0 heterocycles. The van der Waals surface area contributed by atoms with Gasteiger partial charge < -0.3 is 15.6 Å². The molecule has 3 nitrogen and oxygen atoms in total. The van der Waals surface area contributed by atoms with Gasteiger partial charge in [-0.15, -0.1) is 0 Å². The number of aliphatic hydroxyl groups excluding tert-OH is 1. The van der Waals surface area contributed by atoms with Crippen LogP contribution in [0.3, 0.4) is 0 Å². The van der Waals surface area contributed by atoms with Gasteiger partial charge in [-0.05, 0) is 36.1 Å². The van der Waals surface area contributed by atoms with Crippen LogP contribution in [-0.4, -0.2) is 25.4 Å². The van der Waals surface area contributed by atoms with Gasteiger partial charge in [-0.25, -0.2) is 0 Å². The predicted molar refractivity (Wildman–Crippen MR) is 85.6 cm³/mol. The SMILES string of the molecule is COc1ccc(C(CN)(CCCO)c2ccccc2)cc1. The molecule has 0 aliphatic heterocycles. The minimum atomic E-state index is -0.268. The van der Waals surface area contributed by atoms with Crippen LogP contribution in [0.1, 0.15) is 24.0 Å². The summed E-state index contributed by atoms with van der Waals surface area (Å²) in [5.74, 6) is 0.833. The standard InChI is InChI=1S/C18H23NO2/c1-21-17-10-8-16(9-11-17)18(14-19,12-5-13-20)15-6-3-2-4-7-15/h2-4,6-11,20H,5,12-14,19H2,1H3. The molecule has 0 aromatic heterocycles. The Morgan fingerprint density at radius 1 is 1.00 bits per heavy atom. The van der Waals surface area contributed by atoms with Crippen LogP contribution in [0.4, 0.5) is 0 Å². The summed E-state index contributed by atoms with van der Waals surface area (Å²) in [6.07, 6.45) is 1.54. The molecule has 2 aromatic rings. The van der Waals surface area contributed by atoms with Gasteiger partial charge in [0.2, 0.25) is 0 Å². The van der Waals surface area contributed by atoms with E-state index in [1.54, 1.807) is 7.11 Å². The fourth-order valence-electron chi connectivity index (χ4n) is 2.84. The van der Waals surface area contributed by atoms with Crippen molar-refractivity contribution in [2.75, 3.05) is 20.3 Å². The van der Waals surface area contributed by atoms with Crippen LogP contribution < -0.4 is 10.5 Å². The van der Waals surface area contributed by atoms with E-state index in [4.69, 9.17) is 10.5 Å². The molecule has 0 aliphatic carbocycles. The Morgan fingerprint density at radius 2 is 1.62 bits per heavy atom. The largest absolute Gasteiger partial charge is 0.497 e. The Hall–Kier alpha value is -1.84. The van der Waals surface area contributed by atoms with Crippen LogP contribution in [0.15, 0.2) is 54.6 Å². The van der Waals surface area contributed by atoms with E-state index in [0.717, 1.165) is 24.2 Å². The van der Waals surface area contributed by atoms with Crippen LogP contribution >= 0.6 is 0 Å². The smallest absolute Gasteiger partial charge is 0.118 e. The van der Waals surface area contributed by atoms with Gasteiger partial charge in [0.15, 0.2) is 0 Å². The van der Waals surface area contributed by atoms with Crippen molar-refractivity contribution in [3.05, 3.63) is 65.7 Å². The van der Waals surface area contributed by atoms with E-state index in [-0.39, 0.29) is 12.0 Å². The fourth-order valence-corrected chi connectivity index (χ4v) is 2.84. The Balaban J connectivity index is 2.47. The molecule has 0 spiro atoms. The summed E-state index contributed by atoms with van der Waals surface area (Å²) in [6, 6.07) is 18.3. The first-order chi connectivity index (χ1) is 10.3. The summed E-state index contributed by atoms with van der Waals surface area (Å²) in [5, 5.41) is 9.24. The second-order valence-electron chi connectivity index (χ2n) is 5.21. The minimum absolute atomic E-state index is 0.171. The Labute approximate surface area is 126 Å². The topological polar surface area (TPSA) is 55.5 Å². The zero-order valence-corrected chi connectivity index (χ0v) is 12.5. The van der Waals surface area contributed by atoms with Gasteiger partial charge in [0.05, 0.1) is 7.11 Å². The second-order valence-corrected chi connectivity index (χ2v) is 5.21. The average molecular weight is 285 g/mol. The Kier molecular flexibility index (Phi) is 5.37. The van der Waals surface area contributed by atoms with Gasteiger partial charge in [0, 0.05) is 18.6 Å². The van der Waals surface area contributed by atoms with Crippen LogP contribution in [0.2, 0.25) is 0 Å². The number of benzene rings is 2. The molecule has 1 unspecified atom stereocenters. The van der Waals surface area contributed by atoms with Gasteiger partial charge >= 0.3 is 0 Å². The molecule has 21 heavy (non-hydrogen) atoms. The maximum atomic E-state index is 9.24. The number of hydrogen-bond donors (Lipinski definition) is 2. The summed E-state index contributed by atoms with van der Waals surface area (Å²) in [5.41, 5.74) is 8.25. The first-order valence-electron chi connectivity index (χ1n) is 7.28. The molecular weight excluding hydrogens is 262 g/mol.